The van der Waals surface area contributed by atoms with Gasteiger partial charge in [-0.3, -0.25) is 0 Å². The third-order valence-corrected chi connectivity index (χ3v) is 4.12. The molecular weight excluding hydrogens is 348 g/mol. The smallest absolute Gasteiger partial charge is 0.0917 e. The second-order valence-electron chi connectivity index (χ2n) is 3.90. The van der Waals surface area contributed by atoms with Gasteiger partial charge in [-0.05, 0) is 62.6 Å². The van der Waals surface area contributed by atoms with Crippen LogP contribution in [0.5, 0.6) is 0 Å². The van der Waals surface area contributed by atoms with Gasteiger partial charge in [0.2, 0.25) is 0 Å². The molecule has 17 heavy (non-hydrogen) atoms. The zero-order valence-corrected chi connectivity index (χ0v) is 13.3. The monoisotopic (exact) mass is 364 g/mol. The predicted octanol–water partition coefficient (Wildman–Crippen LogP) is 3.17. The highest BCUT2D eigenvalue weighted by Crippen LogP contribution is 2.32. The molecule has 1 aromatic carbocycles. The molecule has 0 amide bonds. The van der Waals surface area contributed by atoms with Crippen molar-refractivity contribution >= 4 is 37.5 Å². The molecule has 1 unspecified atom stereocenters. The van der Waals surface area contributed by atoms with Gasteiger partial charge in [0, 0.05) is 15.5 Å². The summed E-state index contributed by atoms with van der Waals surface area (Å²) in [6.45, 7) is 6.68. The average Bonchev–Trinajstić information content (AvgIpc) is 2.31. The summed E-state index contributed by atoms with van der Waals surface area (Å²) in [5.74, 6) is 0. The number of nitrogen functional groups attached to an aromatic ring is 1. The minimum Gasteiger partial charge on any atom is -0.397 e. The van der Waals surface area contributed by atoms with E-state index in [0.717, 1.165) is 27.6 Å². The van der Waals surface area contributed by atoms with Gasteiger partial charge in [0.25, 0.3) is 0 Å². The van der Waals surface area contributed by atoms with Gasteiger partial charge in [0.05, 0.1) is 11.8 Å². The summed E-state index contributed by atoms with van der Waals surface area (Å²) >= 11 is 6.77. The molecule has 0 saturated heterocycles. The van der Waals surface area contributed by atoms with Crippen molar-refractivity contribution in [3.8, 4) is 0 Å². The van der Waals surface area contributed by atoms with Crippen LogP contribution >= 0.6 is 31.9 Å². The maximum atomic E-state index is 10.2. The average molecular weight is 366 g/mol. The van der Waals surface area contributed by atoms with E-state index in [4.69, 9.17) is 5.73 Å². The molecule has 1 rings (SSSR count). The van der Waals surface area contributed by atoms with E-state index in [9.17, 15) is 5.11 Å². The molecule has 5 heteroatoms. The second-order valence-corrected chi connectivity index (χ2v) is 5.61. The van der Waals surface area contributed by atoms with Crippen molar-refractivity contribution in [3.05, 3.63) is 26.6 Å². The second kappa shape index (κ2) is 6.73. The Labute approximate surface area is 119 Å². The molecule has 0 radical (unpaired) electrons. The van der Waals surface area contributed by atoms with Crippen LogP contribution in [0.1, 0.15) is 25.5 Å². The lowest BCUT2D eigenvalue weighted by Crippen LogP contribution is -2.28. The van der Waals surface area contributed by atoms with Gasteiger partial charge >= 0.3 is 0 Å². The lowest BCUT2D eigenvalue weighted by Gasteiger charge is -2.22. The summed E-state index contributed by atoms with van der Waals surface area (Å²) < 4.78 is 1.61. The van der Waals surface area contributed by atoms with Crippen LogP contribution in [-0.4, -0.2) is 29.6 Å². The number of hydrogen-bond acceptors (Lipinski definition) is 3. The molecule has 1 atom stereocenters. The van der Waals surface area contributed by atoms with Gasteiger partial charge in [-0.2, -0.15) is 0 Å². The third-order valence-electron chi connectivity index (χ3n) is 2.81. The first kappa shape index (κ1) is 15.0. The molecule has 1 aromatic rings. The van der Waals surface area contributed by atoms with E-state index in [-0.39, 0.29) is 0 Å². The van der Waals surface area contributed by atoms with E-state index in [1.165, 1.54) is 0 Å². The van der Waals surface area contributed by atoms with Crippen molar-refractivity contribution in [3.63, 3.8) is 0 Å². The molecule has 0 aromatic heterocycles. The normalized spacial score (nSPS) is 13.1. The number of likely N-dealkylation sites (N-methyl/N-ethyl adjacent to an activating group) is 1. The highest BCUT2D eigenvalue weighted by Gasteiger charge is 2.14. The van der Waals surface area contributed by atoms with E-state index in [1.807, 2.05) is 12.1 Å². The lowest BCUT2D eigenvalue weighted by atomic mass is 10.1. The van der Waals surface area contributed by atoms with Crippen LogP contribution in [-0.2, 0) is 0 Å². The third kappa shape index (κ3) is 3.95. The minimum absolute atomic E-state index is 0.497. The Kier molecular flexibility index (Phi) is 5.92. The first-order valence-electron chi connectivity index (χ1n) is 5.64. The van der Waals surface area contributed by atoms with Gasteiger partial charge in [0.1, 0.15) is 0 Å². The highest BCUT2D eigenvalue weighted by atomic mass is 79.9. The molecule has 0 bridgehead atoms. The number of anilines is 1. The van der Waals surface area contributed by atoms with Crippen molar-refractivity contribution in [2.45, 2.75) is 20.0 Å². The molecule has 0 saturated carbocycles. The summed E-state index contributed by atoms with van der Waals surface area (Å²) in [5, 5.41) is 10.2. The van der Waals surface area contributed by atoms with Gasteiger partial charge < -0.3 is 15.7 Å². The standard InChI is InChI=1S/C12H18Br2N2O/c1-3-16(4-2)7-11(17)8-5-9(13)12(15)10(14)6-8/h5-6,11,17H,3-4,7,15H2,1-2H3. The number of benzene rings is 1. The fourth-order valence-corrected chi connectivity index (χ4v) is 2.85. The van der Waals surface area contributed by atoms with Gasteiger partial charge in [0.15, 0.2) is 0 Å². The molecule has 0 aliphatic rings. The molecule has 0 aliphatic heterocycles. The summed E-state index contributed by atoms with van der Waals surface area (Å²) in [6.07, 6.45) is -0.497. The number of hydrogen-bond donors (Lipinski definition) is 2. The Morgan fingerprint density at radius 3 is 2.12 bits per heavy atom. The summed E-state index contributed by atoms with van der Waals surface area (Å²) in [7, 11) is 0. The summed E-state index contributed by atoms with van der Waals surface area (Å²) in [4.78, 5) is 2.18. The van der Waals surface area contributed by atoms with E-state index in [2.05, 4.69) is 50.6 Å². The Balaban J connectivity index is 2.85. The quantitative estimate of drug-likeness (QED) is 0.788. The van der Waals surface area contributed by atoms with E-state index >= 15 is 0 Å². The van der Waals surface area contributed by atoms with Crippen molar-refractivity contribution in [2.75, 3.05) is 25.4 Å². The van der Waals surface area contributed by atoms with Crippen LogP contribution < -0.4 is 5.73 Å². The van der Waals surface area contributed by atoms with Crippen LogP contribution in [0, 0.1) is 0 Å². The topological polar surface area (TPSA) is 49.5 Å². The van der Waals surface area contributed by atoms with Crippen molar-refractivity contribution in [1.82, 2.24) is 4.90 Å². The predicted molar refractivity (Wildman–Crippen MR) is 79.0 cm³/mol. The Morgan fingerprint density at radius 2 is 1.71 bits per heavy atom. The Bertz CT molecular complexity index is 358. The van der Waals surface area contributed by atoms with E-state index in [1.54, 1.807) is 0 Å². The summed E-state index contributed by atoms with van der Waals surface area (Å²) in [5.41, 5.74) is 7.34. The van der Waals surface area contributed by atoms with Gasteiger partial charge in [-0.25, -0.2) is 0 Å². The first-order chi connectivity index (χ1) is 7.99. The molecule has 0 aliphatic carbocycles. The van der Waals surface area contributed by atoms with E-state index < -0.39 is 6.10 Å². The maximum absolute atomic E-state index is 10.2. The zero-order valence-electron chi connectivity index (χ0n) is 10.1. The molecule has 0 heterocycles. The molecule has 0 spiro atoms. The van der Waals surface area contributed by atoms with Crippen molar-refractivity contribution in [1.29, 1.82) is 0 Å². The number of aliphatic hydroxyl groups excluding tert-OH is 1. The first-order valence-corrected chi connectivity index (χ1v) is 7.23. The van der Waals surface area contributed by atoms with Crippen molar-refractivity contribution in [2.24, 2.45) is 0 Å². The molecular formula is C12H18Br2N2O. The fraction of sp³-hybridized carbons (Fsp3) is 0.500. The highest BCUT2D eigenvalue weighted by molar-refractivity contribution is 9.11. The minimum atomic E-state index is -0.497. The number of rotatable bonds is 5. The number of nitrogens with zero attached hydrogens (tertiary/aromatic N) is 1. The number of nitrogens with two attached hydrogens (primary N) is 1. The van der Waals surface area contributed by atoms with E-state index in [0.29, 0.717) is 12.2 Å². The van der Waals surface area contributed by atoms with Gasteiger partial charge in [-0.15, -0.1) is 0 Å². The molecule has 3 nitrogen and oxygen atoms in total. The van der Waals surface area contributed by atoms with Crippen LogP contribution in [0.4, 0.5) is 5.69 Å². The lowest BCUT2D eigenvalue weighted by molar-refractivity contribution is 0.119. The fourth-order valence-electron chi connectivity index (χ4n) is 1.63. The van der Waals surface area contributed by atoms with Crippen LogP contribution in [0.2, 0.25) is 0 Å². The SMILES string of the molecule is CCN(CC)CC(O)c1cc(Br)c(N)c(Br)c1. The Morgan fingerprint density at radius 1 is 1.24 bits per heavy atom. The zero-order chi connectivity index (χ0) is 13.0. The number of halogens is 2. The maximum Gasteiger partial charge on any atom is 0.0917 e. The van der Waals surface area contributed by atoms with Crippen molar-refractivity contribution < 1.29 is 5.11 Å². The van der Waals surface area contributed by atoms with Crippen LogP contribution in [0.15, 0.2) is 21.1 Å². The molecule has 96 valence electrons. The largest absolute Gasteiger partial charge is 0.397 e. The van der Waals surface area contributed by atoms with Gasteiger partial charge in [-0.1, -0.05) is 13.8 Å². The number of aliphatic hydroxyl groups is 1. The summed E-state index contributed by atoms with van der Waals surface area (Å²) in [6, 6.07) is 3.74. The van der Waals surface area contributed by atoms with Crippen LogP contribution in [0.25, 0.3) is 0 Å². The van der Waals surface area contributed by atoms with Crippen LogP contribution in [0.3, 0.4) is 0 Å². The molecule has 0 fully saturated rings. The Hall–Kier alpha value is -0.100. The molecule has 3 N–H and O–H groups in total.